The molecule has 30 heavy (non-hydrogen) atoms. The van der Waals surface area contributed by atoms with Gasteiger partial charge in [-0.15, -0.1) is 0 Å². The molecule has 0 saturated carbocycles. The van der Waals surface area contributed by atoms with Gasteiger partial charge in [-0.25, -0.2) is 4.98 Å². The van der Waals surface area contributed by atoms with E-state index in [4.69, 9.17) is 4.74 Å². The van der Waals surface area contributed by atoms with E-state index in [9.17, 15) is 4.79 Å². The Labute approximate surface area is 177 Å². The molecule has 0 N–H and O–H groups in total. The smallest absolute Gasteiger partial charge is 0.253 e. The zero-order chi connectivity index (χ0) is 20.9. The molecule has 1 fully saturated rings. The Balaban J connectivity index is 1.31. The molecular weight excluding hydrogens is 376 g/mol. The highest BCUT2D eigenvalue weighted by Gasteiger charge is 2.22. The highest BCUT2D eigenvalue weighted by molar-refractivity contribution is 5.94. The second-order valence-corrected chi connectivity index (χ2v) is 7.72. The fraction of sp³-hybridized carbons (Fsp3) is 0.333. The molecule has 1 aliphatic rings. The van der Waals surface area contributed by atoms with Crippen molar-refractivity contribution >= 4 is 5.91 Å². The number of carbonyl (C=O) groups excluding carboxylic acids is 1. The van der Waals surface area contributed by atoms with Crippen molar-refractivity contribution in [2.75, 3.05) is 33.3 Å². The Morgan fingerprint density at radius 2 is 1.77 bits per heavy atom. The van der Waals surface area contributed by atoms with Crippen LogP contribution in [0.15, 0.2) is 60.9 Å². The van der Waals surface area contributed by atoms with Gasteiger partial charge in [-0.1, -0.05) is 24.3 Å². The van der Waals surface area contributed by atoms with Crippen LogP contribution >= 0.6 is 0 Å². The van der Waals surface area contributed by atoms with Crippen LogP contribution < -0.4 is 4.74 Å². The maximum absolute atomic E-state index is 12.9. The molecule has 2 heterocycles. The number of methoxy groups -OCH3 is 1. The van der Waals surface area contributed by atoms with Crippen LogP contribution in [0, 0.1) is 6.92 Å². The molecule has 0 bridgehead atoms. The van der Waals surface area contributed by atoms with Gasteiger partial charge in [0.05, 0.1) is 7.11 Å². The van der Waals surface area contributed by atoms with E-state index in [0.717, 1.165) is 62.0 Å². The summed E-state index contributed by atoms with van der Waals surface area (Å²) in [6, 6.07) is 16.1. The number of aromatic nitrogens is 2. The molecule has 0 unspecified atom stereocenters. The summed E-state index contributed by atoms with van der Waals surface area (Å²) < 4.78 is 7.40. The molecule has 0 atom stereocenters. The van der Waals surface area contributed by atoms with E-state index in [1.165, 1.54) is 5.56 Å². The molecule has 6 nitrogen and oxygen atoms in total. The summed E-state index contributed by atoms with van der Waals surface area (Å²) >= 11 is 0. The largest absolute Gasteiger partial charge is 0.497 e. The van der Waals surface area contributed by atoms with Gasteiger partial charge in [-0.3, -0.25) is 9.69 Å². The van der Waals surface area contributed by atoms with Crippen molar-refractivity contribution in [3.63, 3.8) is 0 Å². The van der Waals surface area contributed by atoms with Crippen molar-refractivity contribution in [3.8, 4) is 5.75 Å². The molecule has 0 spiro atoms. The number of imidazole rings is 1. The average Bonchev–Trinajstić information content (AvgIpc) is 3.19. The standard InChI is InChI=1S/C24H28N4O2/c1-19-25-10-11-28(19)18-20-6-8-22(9-7-20)24(29)27-14-12-26(13-15-27)17-21-4-3-5-23(16-21)30-2/h3-11,16H,12-15,17-18H2,1-2H3. The van der Waals surface area contributed by atoms with Crippen molar-refractivity contribution in [1.29, 1.82) is 0 Å². The number of hydrogen-bond donors (Lipinski definition) is 0. The van der Waals surface area contributed by atoms with Gasteiger partial charge in [0.15, 0.2) is 0 Å². The topological polar surface area (TPSA) is 50.6 Å². The summed E-state index contributed by atoms with van der Waals surface area (Å²) in [5.74, 6) is 1.98. The van der Waals surface area contributed by atoms with Gasteiger partial charge >= 0.3 is 0 Å². The van der Waals surface area contributed by atoms with Crippen LogP contribution in [0.3, 0.4) is 0 Å². The minimum absolute atomic E-state index is 0.112. The first kappa shape index (κ1) is 20.2. The third kappa shape index (κ3) is 4.71. The third-order valence-corrected chi connectivity index (χ3v) is 5.68. The number of piperazine rings is 1. The number of aryl methyl sites for hydroxylation is 1. The normalized spacial score (nSPS) is 14.7. The average molecular weight is 405 g/mol. The Hall–Kier alpha value is -3.12. The van der Waals surface area contributed by atoms with Crippen LogP contribution in [0.5, 0.6) is 5.75 Å². The minimum Gasteiger partial charge on any atom is -0.497 e. The van der Waals surface area contributed by atoms with E-state index in [-0.39, 0.29) is 5.91 Å². The molecule has 2 aromatic carbocycles. The van der Waals surface area contributed by atoms with Crippen LogP contribution in [0.4, 0.5) is 0 Å². The van der Waals surface area contributed by atoms with Crippen molar-refractivity contribution < 1.29 is 9.53 Å². The van der Waals surface area contributed by atoms with Crippen LogP contribution in [-0.4, -0.2) is 58.5 Å². The van der Waals surface area contributed by atoms with Crippen LogP contribution in [-0.2, 0) is 13.1 Å². The highest BCUT2D eigenvalue weighted by atomic mass is 16.5. The number of nitrogens with zero attached hydrogens (tertiary/aromatic N) is 4. The summed E-state index contributed by atoms with van der Waals surface area (Å²) in [6.07, 6.45) is 3.78. The number of ether oxygens (including phenoxy) is 1. The first-order chi connectivity index (χ1) is 14.6. The molecule has 1 amide bonds. The maximum Gasteiger partial charge on any atom is 0.253 e. The predicted molar refractivity (Wildman–Crippen MR) is 117 cm³/mol. The second kappa shape index (κ2) is 9.13. The number of rotatable bonds is 6. The predicted octanol–water partition coefficient (Wildman–Crippen LogP) is 3.21. The summed E-state index contributed by atoms with van der Waals surface area (Å²) in [5, 5.41) is 0. The van der Waals surface area contributed by atoms with Crippen molar-refractivity contribution in [2.45, 2.75) is 20.0 Å². The minimum atomic E-state index is 0.112. The van der Waals surface area contributed by atoms with Gasteiger partial charge in [0, 0.05) is 57.2 Å². The van der Waals surface area contributed by atoms with Gasteiger partial charge in [-0.2, -0.15) is 0 Å². The molecule has 1 saturated heterocycles. The van der Waals surface area contributed by atoms with Crippen molar-refractivity contribution in [1.82, 2.24) is 19.4 Å². The molecule has 0 aliphatic carbocycles. The molecule has 4 rings (SSSR count). The number of carbonyl (C=O) groups is 1. The maximum atomic E-state index is 12.9. The lowest BCUT2D eigenvalue weighted by atomic mass is 10.1. The van der Waals surface area contributed by atoms with Crippen LogP contribution in [0.2, 0.25) is 0 Å². The summed E-state index contributed by atoms with van der Waals surface area (Å²) in [5.41, 5.74) is 3.15. The lowest BCUT2D eigenvalue weighted by Crippen LogP contribution is -2.48. The lowest BCUT2D eigenvalue weighted by molar-refractivity contribution is 0.0628. The quantitative estimate of drug-likeness (QED) is 0.633. The van der Waals surface area contributed by atoms with Gasteiger partial charge in [0.1, 0.15) is 11.6 Å². The van der Waals surface area contributed by atoms with Crippen molar-refractivity contribution in [3.05, 3.63) is 83.4 Å². The molecule has 156 valence electrons. The summed E-state index contributed by atoms with van der Waals surface area (Å²) in [7, 11) is 1.69. The van der Waals surface area contributed by atoms with E-state index >= 15 is 0 Å². The fourth-order valence-electron chi connectivity index (χ4n) is 3.84. The van der Waals surface area contributed by atoms with E-state index in [1.54, 1.807) is 13.3 Å². The van der Waals surface area contributed by atoms with Crippen molar-refractivity contribution in [2.24, 2.45) is 0 Å². The Kier molecular flexibility index (Phi) is 6.14. The second-order valence-electron chi connectivity index (χ2n) is 7.72. The molecule has 0 radical (unpaired) electrons. The number of benzene rings is 2. The van der Waals surface area contributed by atoms with E-state index in [2.05, 4.69) is 26.6 Å². The highest BCUT2D eigenvalue weighted by Crippen LogP contribution is 2.16. The first-order valence-corrected chi connectivity index (χ1v) is 10.3. The number of hydrogen-bond acceptors (Lipinski definition) is 4. The van der Waals surface area contributed by atoms with E-state index < -0.39 is 0 Å². The van der Waals surface area contributed by atoms with Gasteiger partial charge in [0.25, 0.3) is 5.91 Å². The Morgan fingerprint density at radius 3 is 2.43 bits per heavy atom. The van der Waals surface area contributed by atoms with Gasteiger partial charge < -0.3 is 14.2 Å². The Morgan fingerprint density at radius 1 is 1.00 bits per heavy atom. The zero-order valence-corrected chi connectivity index (χ0v) is 17.6. The van der Waals surface area contributed by atoms with E-state index in [1.807, 2.05) is 54.4 Å². The molecule has 1 aromatic heterocycles. The number of amides is 1. The van der Waals surface area contributed by atoms with Crippen LogP contribution in [0.25, 0.3) is 0 Å². The van der Waals surface area contributed by atoms with E-state index in [0.29, 0.717) is 0 Å². The monoisotopic (exact) mass is 404 g/mol. The van der Waals surface area contributed by atoms with Crippen LogP contribution in [0.1, 0.15) is 27.3 Å². The molecule has 3 aromatic rings. The Bertz CT molecular complexity index is 988. The first-order valence-electron chi connectivity index (χ1n) is 10.3. The summed E-state index contributed by atoms with van der Waals surface area (Å²) in [4.78, 5) is 21.5. The van der Waals surface area contributed by atoms with Gasteiger partial charge in [-0.05, 0) is 42.3 Å². The SMILES string of the molecule is COc1cccc(CN2CCN(C(=O)c3ccc(Cn4ccnc4C)cc3)CC2)c1. The fourth-order valence-corrected chi connectivity index (χ4v) is 3.84. The van der Waals surface area contributed by atoms with Gasteiger partial charge in [0.2, 0.25) is 0 Å². The molecule has 1 aliphatic heterocycles. The third-order valence-electron chi connectivity index (χ3n) is 5.68. The summed E-state index contributed by atoms with van der Waals surface area (Å²) in [6.45, 7) is 6.89. The zero-order valence-electron chi connectivity index (χ0n) is 17.6. The molecule has 6 heteroatoms. The molecular formula is C24H28N4O2. The lowest BCUT2D eigenvalue weighted by Gasteiger charge is -2.34.